The van der Waals surface area contributed by atoms with Gasteiger partial charge in [-0.1, -0.05) is 30.3 Å². The van der Waals surface area contributed by atoms with Crippen LogP contribution in [0.25, 0.3) is 0 Å². The van der Waals surface area contributed by atoms with E-state index < -0.39 is 23.1 Å². The number of aliphatic hydroxyl groups is 1. The van der Waals surface area contributed by atoms with E-state index >= 15 is 0 Å². The van der Waals surface area contributed by atoms with Crippen molar-refractivity contribution in [2.24, 2.45) is 0 Å². The third-order valence-electron chi connectivity index (χ3n) is 5.82. The van der Waals surface area contributed by atoms with Gasteiger partial charge in [-0.15, -0.1) is 0 Å². The van der Waals surface area contributed by atoms with E-state index in [0.29, 0.717) is 18.9 Å². The minimum Gasteiger partial charge on any atom is -0.389 e. The molecule has 26 heavy (non-hydrogen) atoms. The lowest BCUT2D eigenvalue weighted by molar-refractivity contribution is -0.0544. The van der Waals surface area contributed by atoms with Crippen molar-refractivity contribution >= 4 is 0 Å². The number of fused-ring (bicyclic) bond motifs is 2. The molecule has 0 radical (unpaired) electrons. The van der Waals surface area contributed by atoms with E-state index in [-0.39, 0.29) is 24.1 Å². The van der Waals surface area contributed by atoms with Crippen LogP contribution in [0.2, 0.25) is 0 Å². The molecule has 0 aromatic heterocycles. The van der Waals surface area contributed by atoms with Crippen LogP contribution in [0.5, 0.6) is 0 Å². The predicted molar refractivity (Wildman–Crippen MR) is 93.0 cm³/mol. The molecule has 2 heterocycles. The van der Waals surface area contributed by atoms with E-state index in [4.69, 9.17) is 0 Å². The number of piperidine rings is 1. The second kappa shape index (κ2) is 6.71. The van der Waals surface area contributed by atoms with Crippen molar-refractivity contribution in [2.45, 2.75) is 56.3 Å². The van der Waals surface area contributed by atoms with Crippen LogP contribution in [0.3, 0.4) is 0 Å². The standard InChI is InChI=1S/C21H22F3NO/c22-18-9-20(24)19(23)8-15(18)10-21(26)11-16-6-7-17(12-21)25(16)13-14-4-2-1-3-5-14/h1-5,8-9,16-17,26H,6-7,10-13H2. The minimum absolute atomic E-state index is 0.0161. The zero-order valence-corrected chi connectivity index (χ0v) is 14.5. The van der Waals surface area contributed by atoms with Crippen LogP contribution < -0.4 is 0 Å². The van der Waals surface area contributed by atoms with Crippen molar-refractivity contribution in [2.75, 3.05) is 0 Å². The van der Waals surface area contributed by atoms with E-state index in [9.17, 15) is 18.3 Å². The third kappa shape index (κ3) is 3.38. The van der Waals surface area contributed by atoms with Crippen molar-refractivity contribution in [3.8, 4) is 0 Å². The molecule has 0 saturated carbocycles. The Morgan fingerprint density at radius 3 is 2.19 bits per heavy atom. The second-order valence-corrected chi connectivity index (χ2v) is 7.71. The van der Waals surface area contributed by atoms with Gasteiger partial charge in [-0.2, -0.15) is 0 Å². The number of halogens is 3. The summed E-state index contributed by atoms with van der Waals surface area (Å²) in [6.07, 6.45) is 3.06. The number of hydrogen-bond donors (Lipinski definition) is 1. The highest BCUT2D eigenvalue weighted by Crippen LogP contribution is 2.43. The van der Waals surface area contributed by atoms with Gasteiger partial charge in [-0.25, -0.2) is 13.2 Å². The van der Waals surface area contributed by atoms with Gasteiger partial charge in [0.1, 0.15) is 5.82 Å². The maximum atomic E-state index is 14.0. The molecule has 2 bridgehead atoms. The Balaban J connectivity index is 1.50. The molecule has 2 aliphatic heterocycles. The van der Waals surface area contributed by atoms with E-state index in [1.54, 1.807) is 0 Å². The predicted octanol–water partition coefficient (Wildman–Crippen LogP) is 4.20. The monoisotopic (exact) mass is 361 g/mol. The second-order valence-electron chi connectivity index (χ2n) is 7.71. The minimum atomic E-state index is -1.20. The van der Waals surface area contributed by atoms with Gasteiger partial charge >= 0.3 is 0 Å². The molecule has 1 N–H and O–H groups in total. The Hall–Kier alpha value is -1.85. The highest BCUT2D eigenvalue weighted by atomic mass is 19.2. The molecule has 2 aliphatic rings. The van der Waals surface area contributed by atoms with Crippen LogP contribution >= 0.6 is 0 Å². The Morgan fingerprint density at radius 1 is 0.923 bits per heavy atom. The molecule has 2 unspecified atom stereocenters. The summed E-state index contributed by atoms with van der Waals surface area (Å²) in [7, 11) is 0. The van der Waals surface area contributed by atoms with Gasteiger partial charge in [0.05, 0.1) is 5.60 Å². The molecule has 2 aromatic carbocycles. The van der Waals surface area contributed by atoms with Crippen LogP contribution in [0, 0.1) is 17.5 Å². The molecule has 0 amide bonds. The van der Waals surface area contributed by atoms with Crippen molar-refractivity contribution in [1.82, 2.24) is 4.90 Å². The third-order valence-corrected chi connectivity index (χ3v) is 5.82. The first-order valence-corrected chi connectivity index (χ1v) is 9.09. The number of nitrogens with zero attached hydrogens (tertiary/aromatic N) is 1. The maximum Gasteiger partial charge on any atom is 0.161 e. The zero-order valence-electron chi connectivity index (χ0n) is 14.5. The first-order chi connectivity index (χ1) is 12.4. The number of hydrogen-bond acceptors (Lipinski definition) is 2. The number of benzene rings is 2. The molecule has 2 aromatic rings. The summed E-state index contributed by atoms with van der Waals surface area (Å²) in [6.45, 7) is 0.839. The zero-order chi connectivity index (χ0) is 18.3. The van der Waals surface area contributed by atoms with Gasteiger partial charge in [0.2, 0.25) is 0 Å². The molecule has 2 saturated heterocycles. The molecule has 5 heteroatoms. The van der Waals surface area contributed by atoms with Crippen LogP contribution in [-0.2, 0) is 13.0 Å². The molecule has 2 atom stereocenters. The molecule has 2 fully saturated rings. The highest BCUT2D eigenvalue weighted by Gasteiger charge is 2.47. The quantitative estimate of drug-likeness (QED) is 0.825. The van der Waals surface area contributed by atoms with E-state index in [1.807, 2.05) is 18.2 Å². The van der Waals surface area contributed by atoms with Crippen molar-refractivity contribution < 1.29 is 18.3 Å². The Bertz CT molecular complexity index is 781. The smallest absolute Gasteiger partial charge is 0.161 e. The first-order valence-electron chi connectivity index (χ1n) is 9.09. The van der Waals surface area contributed by atoms with Crippen molar-refractivity contribution in [3.63, 3.8) is 0 Å². The largest absolute Gasteiger partial charge is 0.389 e. The summed E-state index contributed by atoms with van der Waals surface area (Å²) < 4.78 is 40.6. The van der Waals surface area contributed by atoms with Gasteiger partial charge in [-0.05, 0) is 42.9 Å². The lowest BCUT2D eigenvalue weighted by Gasteiger charge is -2.44. The average molecular weight is 361 g/mol. The van der Waals surface area contributed by atoms with Gasteiger partial charge < -0.3 is 5.11 Å². The molecule has 4 rings (SSSR count). The Morgan fingerprint density at radius 2 is 1.54 bits per heavy atom. The molecule has 0 aliphatic carbocycles. The molecular weight excluding hydrogens is 339 g/mol. The van der Waals surface area contributed by atoms with Gasteiger partial charge in [0.15, 0.2) is 11.6 Å². The summed E-state index contributed by atoms with van der Waals surface area (Å²) >= 11 is 0. The SMILES string of the molecule is OC1(Cc2cc(F)c(F)cc2F)CC2CCC(C1)N2Cc1ccccc1. The summed E-state index contributed by atoms with van der Waals surface area (Å²) in [4.78, 5) is 2.42. The average Bonchev–Trinajstić information content (AvgIpc) is 2.85. The first kappa shape index (κ1) is 17.6. The van der Waals surface area contributed by atoms with Crippen molar-refractivity contribution in [1.29, 1.82) is 0 Å². The lowest BCUT2D eigenvalue weighted by Crippen LogP contribution is -2.51. The van der Waals surface area contributed by atoms with Crippen LogP contribution in [0.4, 0.5) is 13.2 Å². The molecular formula is C21H22F3NO. The summed E-state index contributed by atoms with van der Waals surface area (Å²) in [5.74, 6) is -3.07. The Kier molecular flexibility index (Phi) is 4.53. The maximum absolute atomic E-state index is 14.0. The fourth-order valence-electron chi connectivity index (χ4n) is 4.66. The van der Waals surface area contributed by atoms with Crippen LogP contribution in [0.1, 0.15) is 36.8 Å². The lowest BCUT2D eigenvalue weighted by atomic mass is 9.81. The van der Waals surface area contributed by atoms with Gasteiger partial charge in [0, 0.05) is 31.1 Å². The molecule has 0 spiro atoms. The van der Waals surface area contributed by atoms with E-state index in [1.165, 1.54) is 5.56 Å². The van der Waals surface area contributed by atoms with Crippen LogP contribution in [-0.4, -0.2) is 27.7 Å². The fraction of sp³-hybridized carbons (Fsp3) is 0.429. The summed E-state index contributed by atoms with van der Waals surface area (Å²) in [5, 5.41) is 11.1. The summed E-state index contributed by atoms with van der Waals surface area (Å²) in [5.41, 5.74) is 0.202. The Labute approximate surface area is 151 Å². The van der Waals surface area contributed by atoms with Crippen LogP contribution in [0.15, 0.2) is 42.5 Å². The van der Waals surface area contributed by atoms with Crippen molar-refractivity contribution in [3.05, 3.63) is 71.0 Å². The highest BCUT2D eigenvalue weighted by molar-refractivity contribution is 5.23. The molecule has 2 nitrogen and oxygen atoms in total. The fourth-order valence-corrected chi connectivity index (χ4v) is 4.66. The number of rotatable bonds is 4. The van der Waals surface area contributed by atoms with Gasteiger partial charge in [-0.3, -0.25) is 4.90 Å². The topological polar surface area (TPSA) is 23.5 Å². The van der Waals surface area contributed by atoms with E-state index in [0.717, 1.165) is 25.5 Å². The van der Waals surface area contributed by atoms with Gasteiger partial charge in [0.25, 0.3) is 0 Å². The normalized spacial score (nSPS) is 28.5. The van der Waals surface area contributed by atoms with E-state index in [2.05, 4.69) is 17.0 Å². The molecule has 138 valence electrons. The summed E-state index contributed by atoms with van der Waals surface area (Å²) in [6, 6.07) is 12.1.